The number of morpholine rings is 1. The number of esters is 1. The maximum atomic E-state index is 12.6. The van der Waals surface area contributed by atoms with E-state index in [2.05, 4.69) is 9.88 Å². The molecule has 3 rings (SSSR count). The number of aromatic nitrogens is 1. The summed E-state index contributed by atoms with van der Waals surface area (Å²) in [5.41, 5.74) is 1.79. The Morgan fingerprint density at radius 3 is 2.88 bits per heavy atom. The van der Waals surface area contributed by atoms with Crippen molar-refractivity contribution in [2.24, 2.45) is 0 Å². The second-order valence-electron chi connectivity index (χ2n) is 7.44. The van der Waals surface area contributed by atoms with E-state index in [9.17, 15) is 4.79 Å². The molecule has 6 heteroatoms. The quantitative estimate of drug-likeness (QED) is 0.783. The Kier molecular flexibility index (Phi) is 5.44. The highest BCUT2D eigenvalue weighted by Gasteiger charge is 2.25. The van der Waals surface area contributed by atoms with Crippen LogP contribution >= 0.6 is 0 Å². The molecule has 0 bridgehead atoms. The summed E-state index contributed by atoms with van der Waals surface area (Å²) in [4.78, 5) is 19.3. The number of anilines is 1. The predicted molar refractivity (Wildman–Crippen MR) is 101 cm³/mol. The van der Waals surface area contributed by atoms with Gasteiger partial charge in [-0.05, 0) is 45.0 Å². The van der Waals surface area contributed by atoms with Crippen LogP contribution in [-0.4, -0.2) is 56.1 Å². The summed E-state index contributed by atoms with van der Waals surface area (Å²) < 4.78 is 16.5. The van der Waals surface area contributed by atoms with Crippen molar-refractivity contribution in [3.05, 3.63) is 36.0 Å². The Balaban J connectivity index is 1.99. The summed E-state index contributed by atoms with van der Waals surface area (Å²) in [7, 11) is 1.69. The highest BCUT2D eigenvalue weighted by Crippen LogP contribution is 2.27. The van der Waals surface area contributed by atoms with Crippen molar-refractivity contribution >= 4 is 22.6 Å². The molecule has 1 aromatic carbocycles. The van der Waals surface area contributed by atoms with E-state index in [1.807, 2.05) is 39.0 Å². The predicted octanol–water partition coefficient (Wildman–Crippen LogP) is 3.04. The van der Waals surface area contributed by atoms with Gasteiger partial charge in [0.25, 0.3) is 0 Å². The maximum absolute atomic E-state index is 12.6. The second kappa shape index (κ2) is 7.60. The smallest absolute Gasteiger partial charge is 0.339 e. The zero-order chi connectivity index (χ0) is 18.7. The van der Waals surface area contributed by atoms with Gasteiger partial charge in [-0.2, -0.15) is 0 Å². The first-order valence-corrected chi connectivity index (χ1v) is 8.84. The average Bonchev–Trinajstić information content (AvgIpc) is 2.60. The van der Waals surface area contributed by atoms with E-state index in [4.69, 9.17) is 14.2 Å². The molecule has 1 fully saturated rings. The molecule has 2 heterocycles. The lowest BCUT2D eigenvalue weighted by Gasteiger charge is -2.37. The molecule has 140 valence electrons. The van der Waals surface area contributed by atoms with Crippen molar-refractivity contribution in [3.63, 3.8) is 0 Å². The van der Waals surface area contributed by atoms with Gasteiger partial charge in [-0.25, -0.2) is 4.79 Å². The number of benzene rings is 1. The number of rotatable bonds is 4. The van der Waals surface area contributed by atoms with Gasteiger partial charge in [-0.15, -0.1) is 0 Å². The SMILES string of the molecule is COC[C@H]1COCCN1c1ccc2nccc(C(=O)OC(C)(C)C)c2c1. The van der Waals surface area contributed by atoms with Gasteiger partial charge in [0, 0.05) is 30.9 Å². The fraction of sp³-hybridized carbons (Fsp3) is 0.500. The summed E-state index contributed by atoms with van der Waals surface area (Å²) in [6.45, 7) is 8.25. The van der Waals surface area contributed by atoms with E-state index >= 15 is 0 Å². The van der Waals surface area contributed by atoms with Crippen molar-refractivity contribution < 1.29 is 19.0 Å². The minimum atomic E-state index is -0.544. The molecular weight excluding hydrogens is 332 g/mol. The maximum Gasteiger partial charge on any atom is 0.339 e. The highest BCUT2D eigenvalue weighted by molar-refractivity contribution is 6.04. The van der Waals surface area contributed by atoms with Crippen LogP contribution in [-0.2, 0) is 14.2 Å². The number of pyridine rings is 1. The van der Waals surface area contributed by atoms with Gasteiger partial charge < -0.3 is 19.1 Å². The minimum Gasteiger partial charge on any atom is -0.456 e. The fourth-order valence-corrected chi connectivity index (χ4v) is 3.15. The van der Waals surface area contributed by atoms with Crippen molar-refractivity contribution in [1.29, 1.82) is 0 Å². The number of methoxy groups -OCH3 is 1. The van der Waals surface area contributed by atoms with Crippen LogP contribution in [0.2, 0.25) is 0 Å². The molecule has 6 nitrogen and oxygen atoms in total. The lowest BCUT2D eigenvalue weighted by Crippen LogP contribution is -2.48. The summed E-state index contributed by atoms with van der Waals surface area (Å²) in [6, 6.07) is 7.84. The van der Waals surface area contributed by atoms with E-state index in [-0.39, 0.29) is 12.0 Å². The van der Waals surface area contributed by atoms with Gasteiger partial charge >= 0.3 is 5.97 Å². The lowest BCUT2D eigenvalue weighted by atomic mass is 10.1. The topological polar surface area (TPSA) is 60.9 Å². The minimum absolute atomic E-state index is 0.146. The number of hydrogen-bond acceptors (Lipinski definition) is 6. The first kappa shape index (κ1) is 18.6. The van der Waals surface area contributed by atoms with E-state index in [0.29, 0.717) is 25.4 Å². The van der Waals surface area contributed by atoms with Gasteiger partial charge in [0.15, 0.2) is 0 Å². The van der Waals surface area contributed by atoms with Gasteiger partial charge in [-0.3, -0.25) is 4.98 Å². The normalized spacial score (nSPS) is 18.2. The molecule has 0 spiro atoms. The van der Waals surface area contributed by atoms with Crippen LogP contribution in [0, 0.1) is 0 Å². The first-order valence-electron chi connectivity index (χ1n) is 8.84. The number of nitrogens with zero attached hydrogens (tertiary/aromatic N) is 2. The number of ether oxygens (including phenoxy) is 3. The molecule has 26 heavy (non-hydrogen) atoms. The van der Waals surface area contributed by atoms with E-state index in [1.54, 1.807) is 19.4 Å². The second-order valence-corrected chi connectivity index (χ2v) is 7.44. The average molecular weight is 358 g/mol. The number of hydrogen-bond donors (Lipinski definition) is 0. The first-order chi connectivity index (χ1) is 12.4. The Morgan fingerprint density at radius 1 is 1.35 bits per heavy atom. The molecule has 1 aliphatic rings. The molecule has 1 aromatic heterocycles. The molecule has 2 aromatic rings. The van der Waals surface area contributed by atoms with Crippen LogP contribution in [0.4, 0.5) is 5.69 Å². The van der Waals surface area contributed by atoms with Crippen molar-refractivity contribution in [2.75, 3.05) is 38.4 Å². The van der Waals surface area contributed by atoms with Crippen LogP contribution < -0.4 is 4.90 Å². The third kappa shape index (κ3) is 4.14. The number of carbonyl (C=O) groups excluding carboxylic acids is 1. The molecule has 0 N–H and O–H groups in total. The van der Waals surface area contributed by atoms with Gasteiger partial charge in [0.2, 0.25) is 0 Å². The highest BCUT2D eigenvalue weighted by atomic mass is 16.6. The summed E-state index contributed by atoms with van der Waals surface area (Å²) >= 11 is 0. The number of fused-ring (bicyclic) bond motifs is 1. The summed E-state index contributed by atoms with van der Waals surface area (Å²) in [5, 5.41) is 0.793. The van der Waals surface area contributed by atoms with Crippen LogP contribution in [0.3, 0.4) is 0 Å². The van der Waals surface area contributed by atoms with Crippen LogP contribution in [0.1, 0.15) is 31.1 Å². The van der Waals surface area contributed by atoms with Crippen molar-refractivity contribution in [3.8, 4) is 0 Å². The Labute approximate surface area is 154 Å². The summed E-state index contributed by atoms with van der Waals surface area (Å²) in [6.07, 6.45) is 1.64. The standard InChI is InChI=1S/C20H26N2O4/c1-20(2,3)26-19(23)16-7-8-21-18-6-5-14(11-17(16)18)22-9-10-25-13-15(22)12-24-4/h5-8,11,15H,9-10,12-13H2,1-4H3/t15-/m0/s1. The fourth-order valence-electron chi connectivity index (χ4n) is 3.15. The largest absolute Gasteiger partial charge is 0.456 e. The Hall–Kier alpha value is -2.18. The van der Waals surface area contributed by atoms with E-state index in [0.717, 1.165) is 23.1 Å². The van der Waals surface area contributed by atoms with E-state index < -0.39 is 5.60 Å². The molecule has 0 radical (unpaired) electrons. The third-order valence-corrected chi connectivity index (χ3v) is 4.26. The van der Waals surface area contributed by atoms with Crippen LogP contribution in [0.15, 0.2) is 30.5 Å². The molecule has 0 amide bonds. The lowest BCUT2D eigenvalue weighted by molar-refractivity contribution is 0.00717. The molecule has 1 aliphatic heterocycles. The molecular formula is C20H26N2O4. The van der Waals surface area contributed by atoms with Gasteiger partial charge in [-0.1, -0.05) is 0 Å². The number of carbonyl (C=O) groups is 1. The van der Waals surface area contributed by atoms with Crippen LogP contribution in [0.5, 0.6) is 0 Å². The van der Waals surface area contributed by atoms with Crippen molar-refractivity contribution in [2.45, 2.75) is 32.4 Å². The molecule has 0 saturated carbocycles. The van der Waals surface area contributed by atoms with Crippen molar-refractivity contribution in [1.82, 2.24) is 4.98 Å². The molecule has 0 unspecified atom stereocenters. The van der Waals surface area contributed by atoms with Gasteiger partial charge in [0.05, 0.1) is 36.9 Å². The molecule has 0 aliphatic carbocycles. The summed E-state index contributed by atoms with van der Waals surface area (Å²) in [5.74, 6) is -0.336. The Morgan fingerprint density at radius 2 is 2.15 bits per heavy atom. The molecule has 1 atom stereocenters. The monoisotopic (exact) mass is 358 g/mol. The Bertz CT molecular complexity index is 783. The molecule has 1 saturated heterocycles. The zero-order valence-electron chi connectivity index (χ0n) is 15.8. The van der Waals surface area contributed by atoms with Crippen LogP contribution in [0.25, 0.3) is 10.9 Å². The van der Waals surface area contributed by atoms with E-state index in [1.165, 1.54) is 0 Å². The zero-order valence-corrected chi connectivity index (χ0v) is 15.8. The third-order valence-electron chi connectivity index (χ3n) is 4.26. The van der Waals surface area contributed by atoms with Gasteiger partial charge in [0.1, 0.15) is 5.60 Å².